The molecule has 0 bridgehead atoms. The van der Waals surface area contributed by atoms with E-state index in [0.717, 1.165) is 10.6 Å². The highest BCUT2D eigenvalue weighted by molar-refractivity contribution is 7.92. The first-order chi connectivity index (χ1) is 17.3. The first-order valence-electron chi connectivity index (χ1n) is 10.8. The molecule has 0 aromatic heterocycles. The van der Waals surface area contributed by atoms with Gasteiger partial charge in [0.15, 0.2) is 5.75 Å². The van der Waals surface area contributed by atoms with Gasteiger partial charge in [-0.3, -0.25) is 9.52 Å². The van der Waals surface area contributed by atoms with Gasteiger partial charge < -0.3 is 4.74 Å². The molecule has 13 heteroatoms. The van der Waals surface area contributed by atoms with Crippen LogP contribution in [0.3, 0.4) is 0 Å². The molecule has 1 aliphatic heterocycles. The molecule has 1 aliphatic rings. The van der Waals surface area contributed by atoms with Crippen molar-refractivity contribution in [2.24, 2.45) is 0 Å². The Labute approximate surface area is 219 Å². The van der Waals surface area contributed by atoms with Gasteiger partial charge in [0.2, 0.25) is 10.0 Å². The summed E-state index contributed by atoms with van der Waals surface area (Å²) in [6.45, 7) is 1.23. The van der Waals surface area contributed by atoms with Gasteiger partial charge in [-0.2, -0.15) is 8.42 Å². The van der Waals surface area contributed by atoms with E-state index in [2.05, 4.69) is 4.72 Å². The highest BCUT2D eigenvalue weighted by atomic mass is 35.5. The van der Waals surface area contributed by atoms with Crippen molar-refractivity contribution in [3.05, 3.63) is 87.9 Å². The Hall–Kier alpha value is -3.61. The predicted octanol–water partition coefficient (Wildman–Crippen LogP) is 3.01. The number of hydrogen-bond donors (Lipinski definition) is 2. The second kappa shape index (κ2) is 10.0. The van der Waals surface area contributed by atoms with Gasteiger partial charge in [-0.05, 0) is 66.4 Å². The zero-order valence-electron chi connectivity index (χ0n) is 19.7. The molecule has 0 aliphatic carbocycles. The maximum atomic E-state index is 12.8. The number of aryl methyl sites for hydroxylation is 1. The smallest absolute Gasteiger partial charge is 0.343 e. The highest BCUT2D eigenvalue weighted by Crippen LogP contribution is 2.35. The molecule has 10 nitrogen and oxygen atoms in total. The lowest BCUT2D eigenvalue weighted by Crippen LogP contribution is -2.30. The first-order valence-corrected chi connectivity index (χ1v) is 14.5. The van der Waals surface area contributed by atoms with Crippen LogP contribution in [-0.2, 0) is 31.4 Å². The topological polar surface area (TPSA) is 139 Å². The maximum Gasteiger partial charge on any atom is 0.343 e. The third-order valence-electron chi connectivity index (χ3n) is 5.39. The molecule has 1 fully saturated rings. The van der Waals surface area contributed by atoms with E-state index in [0.29, 0.717) is 27.4 Å². The van der Waals surface area contributed by atoms with Crippen LogP contribution in [0.1, 0.15) is 27.0 Å². The zero-order valence-corrected chi connectivity index (χ0v) is 22.1. The van der Waals surface area contributed by atoms with Crippen molar-refractivity contribution in [3.8, 4) is 5.75 Å². The number of nitrogens with zero attached hydrogens (tertiary/aromatic N) is 1. The molecular formula is C24H22ClN3O7S2. The van der Waals surface area contributed by atoms with Crippen molar-refractivity contribution in [2.75, 3.05) is 21.8 Å². The quantitative estimate of drug-likeness (QED) is 0.333. The van der Waals surface area contributed by atoms with E-state index in [1.165, 1.54) is 12.1 Å². The lowest BCUT2D eigenvalue weighted by molar-refractivity contribution is -0.117. The van der Waals surface area contributed by atoms with Gasteiger partial charge in [-0.1, -0.05) is 35.9 Å². The largest absolute Gasteiger partial charge is 0.421 e. The summed E-state index contributed by atoms with van der Waals surface area (Å²) >= 11 is 6.23. The van der Waals surface area contributed by atoms with Gasteiger partial charge in [-0.15, -0.1) is 0 Å². The van der Waals surface area contributed by atoms with Crippen LogP contribution in [0, 0.1) is 6.92 Å². The van der Waals surface area contributed by atoms with Crippen LogP contribution in [0.2, 0.25) is 5.02 Å². The fourth-order valence-corrected chi connectivity index (χ4v) is 5.97. The second-order valence-electron chi connectivity index (χ2n) is 8.40. The molecule has 37 heavy (non-hydrogen) atoms. The molecule has 3 aromatic rings. The zero-order chi connectivity index (χ0) is 27.0. The molecule has 0 spiro atoms. The average molecular weight is 564 g/mol. The van der Waals surface area contributed by atoms with E-state index < -0.39 is 38.7 Å². The summed E-state index contributed by atoms with van der Waals surface area (Å²) in [4.78, 5) is 24.6. The van der Waals surface area contributed by atoms with Gasteiger partial charge in [0.05, 0.1) is 23.2 Å². The summed E-state index contributed by atoms with van der Waals surface area (Å²) in [7, 11) is -7.77. The number of carbonyl (C=O) groups excluding carboxylic acids is 2. The molecule has 3 aromatic carbocycles. The van der Waals surface area contributed by atoms with Crippen molar-refractivity contribution in [1.82, 2.24) is 4.72 Å². The summed E-state index contributed by atoms with van der Waals surface area (Å²) < 4.78 is 59.6. The molecule has 0 radical (unpaired) electrons. The molecule has 2 N–H and O–H groups in total. The number of anilines is 2. The van der Waals surface area contributed by atoms with Crippen molar-refractivity contribution in [1.29, 1.82) is 0 Å². The molecule has 194 valence electrons. The molecule has 1 saturated heterocycles. The van der Waals surface area contributed by atoms with Gasteiger partial charge in [0.1, 0.15) is 6.54 Å². The van der Waals surface area contributed by atoms with Crippen LogP contribution < -0.4 is 18.5 Å². The number of hydrogen-bond acceptors (Lipinski definition) is 7. The van der Waals surface area contributed by atoms with E-state index in [1.807, 2.05) is 4.72 Å². The molecule has 1 heterocycles. The van der Waals surface area contributed by atoms with Gasteiger partial charge >= 0.3 is 16.2 Å². The number of esters is 1. The van der Waals surface area contributed by atoms with Crippen molar-refractivity contribution in [3.63, 3.8) is 0 Å². The molecule has 1 amide bonds. The van der Waals surface area contributed by atoms with Crippen LogP contribution in [0.5, 0.6) is 5.75 Å². The molecular weight excluding hydrogens is 542 g/mol. The third kappa shape index (κ3) is 6.21. The Morgan fingerprint density at radius 3 is 2.46 bits per heavy atom. The standard InChI is InChI=1S/C24H22ClN3O7S2/c1-15-10-19(25)13-18(23(15)27-36(2,31)32)11-16-8-9-20(28-14-22(29)26-37(28,33)34)21(12-16)35-24(30)17-6-4-3-5-7-17/h3-10,12-13,27H,11,14H2,1-2H3,(H,26,29). The molecule has 0 saturated carbocycles. The summed E-state index contributed by atoms with van der Waals surface area (Å²) in [5.41, 5.74) is 2.30. The highest BCUT2D eigenvalue weighted by Gasteiger charge is 2.36. The summed E-state index contributed by atoms with van der Waals surface area (Å²) in [5, 5.41) is 0.395. The van der Waals surface area contributed by atoms with Crippen LogP contribution in [-0.4, -0.2) is 41.5 Å². The molecule has 4 rings (SSSR count). The maximum absolute atomic E-state index is 12.8. The average Bonchev–Trinajstić information content (AvgIpc) is 3.08. The van der Waals surface area contributed by atoms with Gasteiger partial charge in [0, 0.05) is 5.02 Å². The van der Waals surface area contributed by atoms with Crippen LogP contribution in [0.4, 0.5) is 11.4 Å². The molecule has 0 atom stereocenters. The Morgan fingerprint density at radius 1 is 1.14 bits per heavy atom. The normalized spacial score (nSPS) is 14.8. The van der Waals surface area contributed by atoms with Gasteiger partial charge in [0.25, 0.3) is 5.91 Å². The molecule has 0 unspecified atom stereocenters. The Morgan fingerprint density at radius 2 is 1.84 bits per heavy atom. The van der Waals surface area contributed by atoms with Crippen LogP contribution >= 0.6 is 11.6 Å². The number of nitrogens with one attached hydrogen (secondary N) is 2. The second-order valence-corrected chi connectivity index (χ2v) is 12.2. The number of halogens is 1. The van der Waals surface area contributed by atoms with Crippen LogP contribution in [0.25, 0.3) is 0 Å². The van der Waals surface area contributed by atoms with E-state index in [-0.39, 0.29) is 23.4 Å². The first kappa shape index (κ1) is 26.5. The van der Waals surface area contributed by atoms with Crippen LogP contribution in [0.15, 0.2) is 60.7 Å². The SMILES string of the molecule is Cc1cc(Cl)cc(Cc2ccc(N3CC(=O)NS3(=O)=O)c(OC(=O)c3ccccc3)c2)c1NS(C)(=O)=O. The Balaban J connectivity index is 1.77. The number of carbonyl (C=O) groups is 2. The minimum atomic E-state index is -4.17. The van der Waals surface area contributed by atoms with E-state index in [4.69, 9.17) is 16.3 Å². The number of benzene rings is 3. The van der Waals surface area contributed by atoms with E-state index in [9.17, 15) is 26.4 Å². The number of ether oxygens (including phenoxy) is 1. The van der Waals surface area contributed by atoms with E-state index >= 15 is 0 Å². The predicted molar refractivity (Wildman–Crippen MR) is 140 cm³/mol. The minimum Gasteiger partial charge on any atom is -0.421 e. The Bertz CT molecular complexity index is 1610. The van der Waals surface area contributed by atoms with Crippen molar-refractivity contribution in [2.45, 2.75) is 13.3 Å². The lowest BCUT2D eigenvalue weighted by atomic mass is 10.00. The summed E-state index contributed by atoms with van der Waals surface area (Å²) in [6.07, 6.45) is 1.20. The van der Waals surface area contributed by atoms with Crippen molar-refractivity contribution < 1.29 is 31.2 Å². The van der Waals surface area contributed by atoms with Crippen molar-refractivity contribution >= 4 is 55.1 Å². The minimum absolute atomic E-state index is 0.0110. The Kier molecular flexibility index (Phi) is 7.18. The number of sulfonamides is 1. The fraction of sp³-hybridized carbons (Fsp3) is 0.167. The monoisotopic (exact) mass is 563 g/mol. The number of rotatable bonds is 7. The summed E-state index contributed by atoms with van der Waals surface area (Å²) in [6, 6.07) is 15.8. The fourth-order valence-electron chi connectivity index (χ4n) is 3.85. The third-order valence-corrected chi connectivity index (χ3v) is 7.57. The number of amides is 1. The summed E-state index contributed by atoms with van der Waals surface area (Å²) in [5.74, 6) is -1.55. The lowest BCUT2D eigenvalue weighted by Gasteiger charge is -2.20. The van der Waals surface area contributed by atoms with E-state index in [1.54, 1.807) is 55.5 Å². The van der Waals surface area contributed by atoms with Gasteiger partial charge in [-0.25, -0.2) is 22.2 Å².